The minimum Gasteiger partial charge on any atom is -0.344 e. The van der Waals surface area contributed by atoms with Crippen LogP contribution in [0.4, 0.5) is 0 Å². The highest BCUT2D eigenvalue weighted by atomic mass is 79.9. The molecule has 5 heteroatoms. The Labute approximate surface area is 139 Å². The Bertz CT molecular complexity index is 488. The highest BCUT2D eigenvalue weighted by molar-refractivity contribution is 9.10. The Morgan fingerprint density at radius 2 is 2.05 bits per heavy atom. The highest BCUT2D eigenvalue weighted by Crippen LogP contribution is 2.48. The zero-order chi connectivity index (χ0) is 15.5. The number of hydrogen-bond donors (Lipinski definition) is 1. The van der Waals surface area contributed by atoms with Crippen LogP contribution < -0.4 is 5.73 Å². The molecule has 1 atom stereocenters. The Balaban J connectivity index is 1.97. The van der Waals surface area contributed by atoms with Crippen LogP contribution in [-0.2, 0) is 10.2 Å². The predicted molar refractivity (Wildman–Crippen MR) is 93.7 cm³/mol. The molecule has 0 unspecified atom stereocenters. The summed E-state index contributed by atoms with van der Waals surface area (Å²) < 4.78 is 1.09. The van der Waals surface area contributed by atoms with Gasteiger partial charge >= 0.3 is 0 Å². The fraction of sp³-hybridized carbons (Fsp3) is 0.562. The largest absolute Gasteiger partial charge is 0.344 e. The van der Waals surface area contributed by atoms with Gasteiger partial charge in [0.25, 0.3) is 0 Å². The van der Waals surface area contributed by atoms with Crippen LogP contribution >= 0.6 is 27.7 Å². The second-order valence-corrected chi connectivity index (χ2v) is 7.77. The van der Waals surface area contributed by atoms with E-state index in [1.807, 2.05) is 18.2 Å². The van der Waals surface area contributed by atoms with Crippen molar-refractivity contribution in [2.75, 3.05) is 25.6 Å². The van der Waals surface area contributed by atoms with Crippen molar-refractivity contribution in [1.82, 2.24) is 4.90 Å². The molecule has 21 heavy (non-hydrogen) atoms. The first kappa shape index (κ1) is 16.8. The fourth-order valence-electron chi connectivity index (χ4n) is 2.68. The van der Waals surface area contributed by atoms with E-state index in [1.165, 1.54) is 5.56 Å². The topological polar surface area (TPSA) is 46.3 Å². The lowest BCUT2D eigenvalue weighted by Gasteiger charge is -2.26. The molecule has 116 valence electrons. The number of carbonyl (C=O) groups is 1. The first-order valence-corrected chi connectivity index (χ1v) is 9.43. The standard InChI is InChI=1S/C16H23BrN2OS/c1-19(15(20)14(18)7-10-21-2)11-16(8-9-16)12-3-5-13(17)6-4-12/h3-6,14H,7-11,18H2,1-2H3/t14-/m0/s1. The van der Waals surface area contributed by atoms with E-state index >= 15 is 0 Å². The zero-order valence-electron chi connectivity index (χ0n) is 12.6. The molecule has 0 aliphatic heterocycles. The summed E-state index contributed by atoms with van der Waals surface area (Å²) >= 11 is 5.19. The first-order valence-electron chi connectivity index (χ1n) is 7.24. The molecule has 1 fully saturated rings. The van der Waals surface area contributed by atoms with Crippen LogP contribution in [0.25, 0.3) is 0 Å². The first-order chi connectivity index (χ1) is 9.98. The number of nitrogens with zero attached hydrogens (tertiary/aromatic N) is 1. The lowest BCUT2D eigenvalue weighted by atomic mass is 9.95. The molecule has 0 saturated heterocycles. The van der Waals surface area contributed by atoms with Gasteiger partial charge < -0.3 is 10.6 Å². The molecule has 0 spiro atoms. The van der Waals surface area contributed by atoms with Crippen molar-refractivity contribution in [2.45, 2.75) is 30.7 Å². The molecule has 1 aromatic carbocycles. The van der Waals surface area contributed by atoms with Crippen LogP contribution in [0.15, 0.2) is 28.7 Å². The molecule has 0 aromatic heterocycles. The average Bonchev–Trinajstić information content (AvgIpc) is 3.25. The summed E-state index contributed by atoms with van der Waals surface area (Å²) in [6, 6.07) is 8.08. The number of carbonyl (C=O) groups excluding carboxylic acids is 1. The van der Waals surface area contributed by atoms with Crippen LogP contribution in [0.2, 0.25) is 0 Å². The van der Waals surface area contributed by atoms with Crippen LogP contribution in [0.1, 0.15) is 24.8 Å². The molecular weight excluding hydrogens is 348 g/mol. The van der Waals surface area contributed by atoms with Crippen molar-refractivity contribution in [3.8, 4) is 0 Å². The molecule has 2 rings (SSSR count). The molecule has 1 aliphatic rings. The lowest BCUT2D eigenvalue weighted by molar-refractivity contribution is -0.131. The SMILES string of the molecule is CSCC[C@H](N)C(=O)N(C)CC1(c2ccc(Br)cc2)CC1. The van der Waals surface area contributed by atoms with E-state index in [0.29, 0.717) is 0 Å². The fourth-order valence-corrected chi connectivity index (χ4v) is 3.43. The molecular formula is C16H23BrN2OS. The maximum Gasteiger partial charge on any atom is 0.239 e. The summed E-state index contributed by atoms with van der Waals surface area (Å²) in [5.74, 6) is 0.992. The van der Waals surface area contributed by atoms with Gasteiger partial charge in [-0.2, -0.15) is 11.8 Å². The highest BCUT2D eigenvalue weighted by Gasteiger charge is 2.45. The van der Waals surface area contributed by atoms with Gasteiger partial charge in [-0.15, -0.1) is 0 Å². The van der Waals surface area contributed by atoms with Crippen molar-refractivity contribution >= 4 is 33.6 Å². The van der Waals surface area contributed by atoms with E-state index in [0.717, 1.165) is 36.0 Å². The van der Waals surface area contributed by atoms with Crippen LogP contribution in [0.3, 0.4) is 0 Å². The number of halogens is 1. The molecule has 1 saturated carbocycles. The minimum atomic E-state index is -0.372. The van der Waals surface area contributed by atoms with Crippen LogP contribution in [0.5, 0.6) is 0 Å². The number of thioether (sulfide) groups is 1. The number of benzene rings is 1. The smallest absolute Gasteiger partial charge is 0.239 e. The lowest BCUT2D eigenvalue weighted by Crippen LogP contribution is -2.44. The van der Waals surface area contributed by atoms with Crippen molar-refractivity contribution in [2.24, 2.45) is 5.73 Å². The third-order valence-electron chi connectivity index (χ3n) is 4.18. The molecule has 1 aromatic rings. The van der Waals surface area contributed by atoms with Gasteiger partial charge in [0, 0.05) is 23.5 Å². The monoisotopic (exact) mass is 370 g/mol. The Kier molecular flexibility index (Phi) is 5.74. The van der Waals surface area contributed by atoms with Gasteiger partial charge in [-0.25, -0.2) is 0 Å². The van der Waals surface area contributed by atoms with Crippen molar-refractivity contribution in [3.05, 3.63) is 34.3 Å². The maximum absolute atomic E-state index is 12.3. The van der Waals surface area contributed by atoms with E-state index in [1.54, 1.807) is 11.8 Å². The summed E-state index contributed by atoms with van der Waals surface area (Å²) in [5.41, 5.74) is 7.46. The summed E-state index contributed by atoms with van der Waals surface area (Å²) in [7, 11) is 1.88. The molecule has 1 amide bonds. The van der Waals surface area contributed by atoms with Gasteiger partial charge in [0.2, 0.25) is 5.91 Å². The molecule has 0 heterocycles. The number of hydrogen-bond acceptors (Lipinski definition) is 3. The molecule has 2 N–H and O–H groups in total. The predicted octanol–water partition coefficient (Wildman–Crippen LogP) is 3.02. The van der Waals surface area contributed by atoms with Gasteiger partial charge in [0.15, 0.2) is 0 Å². The molecule has 3 nitrogen and oxygen atoms in total. The summed E-state index contributed by atoms with van der Waals surface area (Å²) in [6.45, 7) is 0.764. The number of amides is 1. The van der Waals surface area contributed by atoms with Crippen molar-refractivity contribution in [3.63, 3.8) is 0 Å². The Morgan fingerprint density at radius 3 is 2.57 bits per heavy atom. The van der Waals surface area contributed by atoms with Gasteiger partial charge in [-0.3, -0.25) is 4.79 Å². The quantitative estimate of drug-likeness (QED) is 0.802. The van der Waals surface area contributed by atoms with Crippen LogP contribution in [-0.4, -0.2) is 42.4 Å². The van der Waals surface area contributed by atoms with Crippen molar-refractivity contribution in [1.29, 1.82) is 0 Å². The number of nitrogens with two attached hydrogens (primary N) is 1. The molecule has 0 radical (unpaired) electrons. The van der Waals surface area contributed by atoms with Gasteiger partial charge in [0.1, 0.15) is 0 Å². The number of likely N-dealkylation sites (N-methyl/N-ethyl adjacent to an activating group) is 1. The summed E-state index contributed by atoms with van der Waals surface area (Å²) in [5, 5.41) is 0. The van der Waals surface area contributed by atoms with E-state index in [-0.39, 0.29) is 17.4 Å². The molecule has 0 bridgehead atoms. The van der Waals surface area contributed by atoms with E-state index in [4.69, 9.17) is 5.73 Å². The maximum atomic E-state index is 12.3. The van der Waals surface area contributed by atoms with E-state index < -0.39 is 0 Å². The molecule has 1 aliphatic carbocycles. The average molecular weight is 371 g/mol. The minimum absolute atomic E-state index is 0.0624. The van der Waals surface area contributed by atoms with Gasteiger partial charge in [-0.05, 0) is 49.0 Å². The van der Waals surface area contributed by atoms with Crippen molar-refractivity contribution < 1.29 is 4.79 Å². The Morgan fingerprint density at radius 1 is 1.43 bits per heavy atom. The van der Waals surface area contributed by atoms with Crippen LogP contribution in [0, 0.1) is 0 Å². The normalized spacial score (nSPS) is 17.3. The van der Waals surface area contributed by atoms with Gasteiger partial charge in [0.05, 0.1) is 6.04 Å². The van der Waals surface area contributed by atoms with E-state index in [2.05, 4.69) is 40.2 Å². The summed E-state index contributed by atoms with van der Waals surface area (Å²) in [6.07, 6.45) is 5.07. The van der Waals surface area contributed by atoms with Gasteiger partial charge in [-0.1, -0.05) is 28.1 Å². The zero-order valence-corrected chi connectivity index (χ0v) is 15.0. The second-order valence-electron chi connectivity index (χ2n) is 5.87. The summed E-state index contributed by atoms with van der Waals surface area (Å²) in [4.78, 5) is 14.1. The number of rotatable bonds is 7. The Hall–Kier alpha value is -0.520. The third kappa shape index (κ3) is 4.24. The third-order valence-corrected chi connectivity index (χ3v) is 5.35. The van der Waals surface area contributed by atoms with E-state index in [9.17, 15) is 4.79 Å². The second kappa shape index (κ2) is 7.16.